The van der Waals surface area contributed by atoms with E-state index >= 15 is 0 Å². The van der Waals surface area contributed by atoms with Gasteiger partial charge in [-0.15, -0.1) is 0 Å². The van der Waals surface area contributed by atoms with Crippen LogP contribution in [-0.2, 0) is 0 Å². The lowest BCUT2D eigenvalue weighted by Gasteiger charge is -2.22. The number of nitrogens with one attached hydrogen (secondary N) is 1. The van der Waals surface area contributed by atoms with E-state index in [9.17, 15) is 0 Å². The van der Waals surface area contributed by atoms with Gasteiger partial charge in [0.1, 0.15) is 0 Å². The third kappa shape index (κ3) is 2.53. The first-order valence-electron chi connectivity index (χ1n) is 6.09. The van der Waals surface area contributed by atoms with Gasteiger partial charge < -0.3 is 5.32 Å². The van der Waals surface area contributed by atoms with Gasteiger partial charge in [0.05, 0.1) is 0 Å². The third-order valence-corrected chi connectivity index (χ3v) is 3.64. The molecule has 0 spiro atoms. The van der Waals surface area contributed by atoms with Gasteiger partial charge in [0, 0.05) is 11.7 Å². The first kappa shape index (κ1) is 10.5. The molecule has 1 aliphatic carbocycles. The molecular formula is C14H21N. The Morgan fingerprint density at radius 3 is 2.53 bits per heavy atom. The molecule has 0 heterocycles. The number of benzene rings is 1. The summed E-state index contributed by atoms with van der Waals surface area (Å²) in [6, 6.07) is 9.18. The lowest BCUT2D eigenvalue weighted by Crippen LogP contribution is -2.24. The number of anilines is 1. The number of hydrogen-bond donors (Lipinski definition) is 1. The average molecular weight is 203 g/mol. The molecule has 2 rings (SSSR count). The second-order valence-corrected chi connectivity index (χ2v) is 4.79. The van der Waals surface area contributed by atoms with Crippen LogP contribution in [0.2, 0.25) is 0 Å². The van der Waals surface area contributed by atoms with E-state index in [1.807, 2.05) is 0 Å². The van der Waals surface area contributed by atoms with E-state index in [0.717, 1.165) is 5.92 Å². The van der Waals surface area contributed by atoms with Crippen LogP contribution in [0, 0.1) is 12.8 Å². The first-order valence-corrected chi connectivity index (χ1v) is 6.09. The van der Waals surface area contributed by atoms with E-state index in [0.29, 0.717) is 6.04 Å². The highest BCUT2D eigenvalue weighted by atomic mass is 14.9. The molecule has 0 radical (unpaired) electrons. The summed E-state index contributed by atoms with van der Waals surface area (Å²) in [6.07, 6.45) is 5.65. The molecular weight excluding hydrogens is 182 g/mol. The van der Waals surface area contributed by atoms with E-state index in [1.165, 1.54) is 36.9 Å². The minimum atomic E-state index is 0.619. The Bertz CT molecular complexity index is 313. The van der Waals surface area contributed by atoms with Crippen molar-refractivity contribution in [1.82, 2.24) is 0 Å². The van der Waals surface area contributed by atoms with E-state index in [1.54, 1.807) is 0 Å². The normalized spacial score (nSPS) is 19.1. The molecule has 1 aromatic carbocycles. The fraction of sp³-hybridized carbons (Fsp3) is 0.571. The monoisotopic (exact) mass is 203 g/mol. The zero-order chi connectivity index (χ0) is 10.7. The minimum absolute atomic E-state index is 0.619. The molecule has 1 saturated carbocycles. The molecule has 0 aliphatic heterocycles. The topological polar surface area (TPSA) is 12.0 Å². The maximum absolute atomic E-state index is 3.65. The van der Waals surface area contributed by atoms with Crippen LogP contribution in [-0.4, -0.2) is 6.04 Å². The summed E-state index contributed by atoms with van der Waals surface area (Å²) in [5, 5.41) is 3.65. The molecule has 0 saturated heterocycles. The maximum atomic E-state index is 3.65. The van der Waals surface area contributed by atoms with Gasteiger partial charge >= 0.3 is 0 Å². The zero-order valence-corrected chi connectivity index (χ0v) is 9.79. The highest BCUT2D eigenvalue weighted by Gasteiger charge is 2.21. The van der Waals surface area contributed by atoms with Crippen LogP contribution in [0.5, 0.6) is 0 Å². The predicted molar refractivity (Wildman–Crippen MR) is 66.2 cm³/mol. The quantitative estimate of drug-likeness (QED) is 0.783. The molecule has 0 aromatic heterocycles. The summed E-state index contributed by atoms with van der Waals surface area (Å²) >= 11 is 0. The van der Waals surface area contributed by atoms with Gasteiger partial charge in [0.2, 0.25) is 0 Å². The van der Waals surface area contributed by atoms with Gasteiger partial charge in [0.15, 0.2) is 0 Å². The van der Waals surface area contributed by atoms with E-state index in [2.05, 4.69) is 43.4 Å². The van der Waals surface area contributed by atoms with Crippen LogP contribution in [0.25, 0.3) is 0 Å². The summed E-state index contributed by atoms with van der Waals surface area (Å²) in [5.41, 5.74) is 2.65. The molecule has 0 bridgehead atoms. The smallest absolute Gasteiger partial charge is 0.0372 e. The van der Waals surface area contributed by atoms with Gasteiger partial charge in [-0.2, -0.15) is 0 Å². The van der Waals surface area contributed by atoms with Crippen molar-refractivity contribution in [1.29, 1.82) is 0 Å². The van der Waals surface area contributed by atoms with E-state index in [-0.39, 0.29) is 0 Å². The minimum Gasteiger partial charge on any atom is -0.382 e. The Morgan fingerprint density at radius 1 is 1.20 bits per heavy atom. The van der Waals surface area contributed by atoms with Gasteiger partial charge in [-0.05, 0) is 44.2 Å². The largest absolute Gasteiger partial charge is 0.382 e. The van der Waals surface area contributed by atoms with Crippen LogP contribution < -0.4 is 5.32 Å². The van der Waals surface area contributed by atoms with Crippen molar-refractivity contribution in [3.05, 3.63) is 29.8 Å². The Morgan fingerprint density at radius 2 is 1.87 bits per heavy atom. The van der Waals surface area contributed by atoms with Crippen molar-refractivity contribution in [2.45, 2.75) is 45.6 Å². The fourth-order valence-corrected chi connectivity index (χ4v) is 2.56. The van der Waals surface area contributed by atoms with Gasteiger partial charge in [-0.25, -0.2) is 0 Å². The molecule has 0 amide bonds. The molecule has 15 heavy (non-hydrogen) atoms. The molecule has 1 fully saturated rings. The van der Waals surface area contributed by atoms with Crippen molar-refractivity contribution in [2.75, 3.05) is 5.32 Å². The van der Waals surface area contributed by atoms with Crippen molar-refractivity contribution in [2.24, 2.45) is 5.92 Å². The molecule has 1 N–H and O–H groups in total. The summed E-state index contributed by atoms with van der Waals surface area (Å²) in [7, 11) is 0. The Balaban J connectivity index is 1.99. The average Bonchev–Trinajstić information content (AvgIpc) is 2.74. The molecule has 1 aliphatic rings. The standard InChI is InChI=1S/C14H21N/c1-11-7-3-6-10-14(11)15-12(2)13-8-4-5-9-13/h3,6-7,10,12-13,15H,4-5,8-9H2,1-2H3. The second-order valence-electron chi connectivity index (χ2n) is 4.79. The molecule has 1 aromatic rings. The molecule has 82 valence electrons. The van der Waals surface area contributed by atoms with E-state index in [4.69, 9.17) is 0 Å². The van der Waals surface area contributed by atoms with Gasteiger partial charge in [-0.1, -0.05) is 31.0 Å². The highest BCUT2D eigenvalue weighted by Crippen LogP contribution is 2.29. The summed E-state index contributed by atoms with van der Waals surface area (Å²) < 4.78 is 0. The fourth-order valence-electron chi connectivity index (χ4n) is 2.56. The van der Waals surface area contributed by atoms with Crippen LogP contribution in [0.3, 0.4) is 0 Å². The Kier molecular flexibility index (Phi) is 3.30. The number of aryl methyl sites for hydroxylation is 1. The number of rotatable bonds is 3. The van der Waals surface area contributed by atoms with Gasteiger partial charge in [0.25, 0.3) is 0 Å². The van der Waals surface area contributed by atoms with Crippen LogP contribution in [0.15, 0.2) is 24.3 Å². The summed E-state index contributed by atoms with van der Waals surface area (Å²) in [6.45, 7) is 4.49. The van der Waals surface area contributed by atoms with Crippen LogP contribution in [0.1, 0.15) is 38.2 Å². The van der Waals surface area contributed by atoms with Crippen molar-refractivity contribution in [3.8, 4) is 0 Å². The second kappa shape index (κ2) is 4.69. The first-order chi connectivity index (χ1) is 7.27. The third-order valence-electron chi connectivity index (χ3n) is 3.64. The molecule has 1 nitrogen and oxygen atoms in total. The predicted octanol–water partition coefficient (Wildman–Crippen LogP) is 3.99. The van der Waals surface area contributed by atoms with Crippen molar-refractivity contribution >= 4 is 5.69 Å². The van der Waals surface area contributed by atoms with Crippen molar-refractivity contribution in [3.63, 3.8) is 0 Å². The SMILES string of the molecule is Cc1ccccc1NC(C)C1CCCC1. The summed E-state index contributed by atoms with van der Waals surface area (Å²) in [4.78, 5) is 0. The highest BCUT2D eigenvalue weighted by molar-refractivity contribution is 5.50. The summed E-state index contributed by atoms with van der Waals surface area (Å²) in [5.74, 6) is 0.879. The van der Waals surface area contributed by atoms with E-state index < -0.39 is 0 Å². The number of hydrogen-bond acceptors (Lipinski definition) is 1. The molecule has 1 unspecified atom stereocenters. The molecule has 1 heteroatoms. The molecule has 1 atom stereocenters. The Labute approximate surface area is 92.9 Å². The lowest BCUT2D eigenvalue weighted by molar-refractivity contribution is 0.482. The maximum Gasteiger partial charge on any atom is 0.0372 e. The van der Waals surface area contributed by atoms with Gasteiger partial charge in [-0.3, -0.25) is 0 Å². The van der Waals surface area contributed by atoms with Crippen LogP contribution in [0.4, 0.5) is 5.69 Å². The van der Waals surface area contributed by atoms with Crippen LogP contribution >= 0.6 is 0 Å². The number of para-hydroxylation sites is 1. The zero-order valence-electron chi connectivity index (χ0n) is 9.79. The van der Waals surface area contributed by atoms with Crippen molar-refractivity contribution < 1.29 is 0 Å². The Hall–Kier alpha value is -0.980. The lowest BCUT2D eigenvalue weighted by atomic mass is 9.99.